The fraction of sp³-hybridized carbons (Fsp3) is 0.143. The van der Waals surface area contributed by atoms with E-state index in [0.29, 0.717) is 5.69 Å². The first kappa shape index (κ1) is 10.6. The first-order chi connectivity index (χ1) is 7.74. The molecule has 2 rings (SSSR count). The highest BCUT2D eigenvalue weighted by Crippen LogP contribution is 2.34. The molecule has 2 nitrogen and oxygen atoms in total. The molecule has 0 bridgehead atoms. The molecule has 2 aromatic rings. The van der Waals surface area contributed by atoms with Gasteiger partial charge in [0.1, 0.15) is 5.75 Å². The van der Waals surface area contributed by atoms with Gasteiger partial charge in [-0.3, -0.25) is 0 Å². The third kappa shape index (κ3) is 1.74. The third-order valence-corrected chi connectivity index (χ3v) is 2.73. The zero-order chi connectivity index (χ0) is 11.5. The zero-order valence-corrected chi connectivity index (χ0v) is 9.53. The predicted molar refractivity (Wildman–Crippen MR) is 67.6 cm³/mol. The largest absolute Gasteiger partial charge is 0.494 e. The second-order valence-electron chi connectivity index (χ2n) is 3.73. The van der Waals surface area contributed by atoms with E-state index in [4.69, 9.17) is 10.5 Å². The van der Waals surface area contributed by atoms with Gasteiger partial charge in [-0.15, -0.1) is 0 Å². The highest BCUT2D eigenvalue weighted by atomic mass is 16.5. The Morgan fingerprint density at radius 3 is 2.31 bits per heavy atom. The molecule has 82 valence electrons. The monoisotopic (exact) mass is 213 g/mol. The number of nitrogens with two attached hydrogens (primary N) is 1. The maximum atomic E-state index is 5.85. The van der Waals surface area contributed by atoms with Crippen LogP contribution in [0, 0.1) is 6.92 Å². The number of methoxy groups -OCH3 is 1. The quantitative estimate of drug-likeness (QED) is 0.777. The lowest BCUT2D eigenvalue weighted by Gasteiger charge is -2.12. The third-order valence-electron chi connectivity index (χ3n) is 2.73. The molecule has 0 saturated heterocycles. The minimum absolute atomic E-state index is 0.680. The van der Waals surface area contributed by atoms with Crippen molar-refractivity contribution in [2.24, 2.45) is 0 Å². The lowest BCUT2D eigenvalue weighted by atomic mass is 9.99. The SMILES string of the molecule is COc1c(N)ccc(-c2ccccc2)c1C. The summed E-state index contributed by atoms with van der Waals surface area (Å²) in [6.07, 6.45) is 0. The van der Waals surface area contributed by atoms with Crippen molar-refractivity contribution in [1.82, 2.24) is 0 Å². The molecule has 0 atom stereocenters. The number of benzene rings is 2. The van der Waals surface area contributed by atoms with Crippen molar-refractivity contribution in [2.75, 3.05) is 12.8 Å². The van der Waals surface area contributed by atoms with Gasteiger partial charge in [0.2, 0.25) is 0 Å². The molecule has 0 radical (unpaired) electrons. The van der Waals surface area contributed by atoms with E-state index in [9.17, 15) is 0 Å². The molecule has 0 amide bonds. The summed E-state index contributed by atoms with van der Waals surface area (Å²) in [5.41, 5.74) is 9.95. The van der Waals surface area contributed by atoms with Crippen molar-refractivity contribution < 1.29 is 4.74 Å². The minimum Gasteiger partial charge on any atom is -0.494 e. The fourth-order valence-corrected chi connectivity index (χ4v) is 1.91. The second-order valence-corrected chi connectivity index (χ2v) is 3.73. The van der Waals surface area contributed by atoms with E-state index in [0.717, 1.165) is 16.9 Å². The van der Waals surface area contributed by atoms with Gasteiger partial charge in [-0.25, -0.2) is 0 Å². The van der Waals surface area contributed by atoms with Crippen LogP contribution < -0.4 is 10.5 Å². The molecule has 0 saturated carbocycles. The first-order valence-electron chi connectivity index (χ1n) is 5.22. The summed E-state index contributed by atoms with van der Waals surface area (Å²) in [5, 5.41) is 0. The molecular formula is C14H15NO. The van der Waals surface area contributed by atoms with E-state index in [1.165, 1.54) is 5.56 Å². The van der Waals surface area contributed by atoms with Crippen LogP contribution in [0.15, 0.2) is 42.5 Å². The van der Waals surface area contributed by atoms with Gasteiger partial charge in [0.05, 0.1) is 12.8 Å². The van der Waals surface area contributed by atoms with Crippen molar-refractivity contribution in [1.29, 1.82) is 0 Å². The molecule has 0 heterocycles. The maximum absolute atomic E-state index is 5.85. The van der Waals surface area contributed by atoms with Gasteiger partial charge in [0, 0.05) is 5.56 Å². The Morgan fingerprint density at radius 1 is 1.00 bits per heavy atom. The van der Waals surface area contributed by atoms with E-state index in [-0.39, 0.29) is 0 Å². The van der Waals surface area contributed by atoms with Gasteiger partial charge < -0.3 is 10.5 Å². The molecule has 0 spiro atoms. The highest BCUT2D eigenvalue weighted by molar-refractivity contribution is 5.74. The van der Waals surface area contributed by atoms with Crippen LogP contribution in [0.25, 0.3) is 11.1 Å². The Bertz CT molecular complexity index is 492. The first-order valence-corrected chi connectivity index (χ1v) is 5.22. The van der Waals surface area contributed by atoms with Gasteiger partial charge in [-0.05, 0) is 24.1 Å². The van der Waals surface area contributed by atoms with Crippen molar-refractivity contribution in [3.63, 3.8) is 0 Å². The van der Waals surface area contributed by atoms with Crippen LogP contribution in [0.5, 0.6) is 5.75 Å². The Labute approximate surface area is 95.7 Å². The van der Waals surface area contributed by atoms with Crippen LogP contribution in [0.1, 0.15) is 5.56 Å². The number of hydrogen-bond acceptors (Lipinski definition) is 2. The molecule has 0 fully saturated rings. The second kappa shape index (κ2) is 4.27. The topological polar surface area (TPSA) is 35.2 Å². The summed E-state index contributed by atoms with van der Waals surface area (Å²) in [7, 11) is 1.65. The number of ether oxygens (including phenoxy) is 1. The Kier molecular flexibility index (Phi) is 2.82. The Morgan fingerprint density at radius 2 is 1.69 bits per heavy atom. The summed E-state index contributed by atoms with van der Waals surface area (Å²) in [6, 6.07) is 14.1. The zero-order valence-electron chi connectivity index (χ0n) is 9.53. The molecule has 0 aliphatic carbocycles. The van der Waals surface area contributed by atoms with E-state index in [2.05, 4.69) is 12.1 Å². The Balaban J connectivity index is 2.59. The van der Waals surface area contributed by atoms with E-state index in [1.54, 1.807) is 7.11 Å². The van der Waals surface area contributed by atoms with Gasteiger partial charge in [0.15, 0.2) is 0 Å². The van der Waals surface area contributed by atoms with E-state index >= 15 is 0 Å². The Hall–Kier alpha value is -1.96. The molecular weight excluding hydrogens is 198 g/mol. The molecule has 2 N–H and O–H groups in total. The minimum atomic E-state index is 0.680. The molecule has 2 heteroatoms. The van der Waals surface area contributed by atoms with Gasteiger partial charge >= 0.3 is 0 Å². The number of nitrogen functional groups attached to an aromatic ring is 1. The van der Waals surface area contributed by atoms with Gasteiger partial charge in [-0.1, -0.05) is 36.4 Å². The van der Waals surface area contributed by atoms with E-state index in [1.807, 2.05) is 37.3 Å². The van der Waals surface area contributed by atoms with Crippen LogP contribution in [0.4, 0.5) is 5.69 Å². The lowest BCUT2D eigenvalue weighted by molar-refractivity contribution is 0.414. The van der Waals surface area contributed by atoms with Crippen LogP contribution in [0.3, 0.4) is 0 Å². The predicted octanol–water partition coefficient (Wildman–Crippen LogP) is 3.25. The molecule has 0 aromatic heterocycles. The van der Waals surface area contributed by atoms with Crippen LogP contribution in [-0.4, -0.2) is 7.11 Å². The normalized spacial score (nSPS) is 10.1. The van der Waals surface area contributed by atoms with E-state index < -0.39 is 0 Å². The standard InChI is InChI=1S/C14H15NO/c1-10-12(11-6-4-3-5-7-11)8-9-13(15)14(10)16-2/h3-9H,15H2,1-2H3. The van der Waals surface area contributed by atoms with Crippen molar-refractivity contribution in [3.8, 4) is 16.9 Å². The fourth-order valence-electron chi connectivity index (χ4n) is 1.91. The van der Waals surface area contributed by atoms with Gasteiger partial charge in [0.25, 0.3) is 0 Å². The van der Waals surface area contributed by atoms with Crippen molar-refractivity contribution in [2.45, 2.75) is 6.92 Å². The summed E-state index contributed by atoms with van der Waals surface area (Å²) >= 11 is 0. The van der Waals surface area contributed by atoms with Crippen LogP contribution in [-0.2, 0) is 0 Å². The summed E-state index contributed by atoms with van der Waals surface area (Å²) < 4.78 is 5.31. The van der Waals surface area contributed by atoms with Crippen molar-refractivity contribution >= 4 is 5.69 Å². The maximum Gasteiger partial charge on any atom is 0.145 e. The molecule has 2 aromatic carbocycles. The molecule has 16 heavy (non-hydrogen) atoms. The number of hydrogen-bond donors (Lipinski definition) is 1. The van der Waals surface area contributed by atoms with Crippen molar-refractivity contribution in [3.05, 3.63) is 48.0 Å². The lowest BCUT2D eigenvalue weighted by Crippen LogP contribution is -1.96. The molecule has 0 unspecified atom stereocenters. The number of anilines is 1. The summed E-state index contributed by atoms with van der Waals surface area (Å²) in [5.74, 6) is 0.765. The number of rotatable bonds is 2. The molecule has 0 aliphatic heterocycles. The van der Waals surface area contributed by atoms with Gasteiger partial charge in [-0.2, -0.15) is 0 Å². The van der Waals surface area contributed by atoms with Crippen LogP contribution in [0.2, 0.25) is 0 Å². The summed E-state index contributed by atoms with van der Waals surface area (Å²) in [6.45, 7) is 2.03. The average molecular weight is 213 g/mol. The average Bonchev–Trinajstić information content (AvgIpc) is 2.31. The summed E-state index contributed by atoms with van der Waals surface area (Å²) in [4.78, 5) is 0. The highest BCUT2D eigenvalue weighted by Gasteiger charge is 2.09. The molecule has 0 aliphatic rings. The smallest absolute Gasteiger partial charge is 0.145 e. The van der Waals surface area contributed by atoms with Crippen LogP contribution >= 0.6 is 0 Å².